The Kier molecular flexibility index (Phi) is 52.8. The summed E-state index contributed by atoms with van der Waals surface area (Å²) in [6.07, 6.45) is 65.8. The van der Waals surface area contributed by atoms with Crippen LogP contribution in [0, 0.1) is 0 Å². The number of amides is 1. The van der Waals surface area contributed by atoms with Crippen LogP contribution in [0.4, 0.5) is 0 Å². The number of carbonyl (C=O) groups is 1. The van der Waals surface area contributed by atoms with Gasteiger partial charge in [-0.2, -0.15) is 0 Å². The van der Waals surface area contributed by atoms with Crippen LogP contribution in [0.5, 0.6) is 0 Å². The fraction of sp³-hybridized carbons (Fsp3) is 0.743. The zero-order valence-electron chi connectivity index (χ0n) is 54.9. The Labute approximate surface area is 534 Å². The fourth-order valence-corrected chi connectivity index (χ4v) is 10.9. The highest BCUT2D eigenvalue weighted by atomic mass is 16.7. The minimum Gasteiger partial charge on any atom is -0.394 e. The minimum atomic E-state index is -1.79. The number of aliphatic hydroxyl groups excluding tert-OH is 8. The van der Waals surface area contributed by atoms with E-state index in [0.717, 1.165) is 77.0 Å². The van der Waals surface area contributed by atoms with E-state index < -0.39 is 86.8 Å². The molecule has 88 heavy (non-hydrogen) atoms. The van der Waals surface area contributed by atoms with Gasteiger partial charge in [-0.1, -0.05) is 271 Å². The Morgan fingerprint density at radius 2 is 0.795 bits per heavy atom. The molecular weight excluding hydrogens is 1110 g/mol. The number of hydrogen-bond acceptors (Lipinski definition) is 13. The number of rotatable bonds is 56. The van der Waals surface area contributed by atoms with Crippen molar-refractivity contribution in [3.8, 4) is 0 Å². The fourth-order valence-electron chi connectivity index (χ4n) is 10.9. The molecule has 0 aromatic heterocycles. The molecular formula is C74H127NO13. The van der Waals surface area contributed by atoms with Gasteiger partial charge in [-0.25, -0.2) is 0 Å². The number of ether oxygens (including phenoxy) is 4. The van der Waals surface area contributed by atoms with E-state index in [2.05, 4.69) is 116 Å². The number of unbranched alkanes of at least 4 members (excludes halogenated alkanes) is 27. The molecule has 0 bridgehead atoms. The summed E-state index contributed by atoms with van der Waals surface area (Å²) in [4.78, 5) is 13.3. The first kappa shape index (κ1) is 80.7. The summed E-state index contributed by atoms with van der Waals surface area (Å²) in [6, 6.07) is -0.936. The number of allylic oxidation sites excluding steroid dienone is 17. The summed E-state index contributed by atoms with van der Waals surface area (Å²) in [6.45, 7) is 2.66. The van der Waals surface area contributed by atoms with Crippen LogP contribution in [0.15, 0.2) is 109 Å². The second-order valence-corrected chi connectivity index (χ2v) is 24.3. The van der Waals surface area contributed by atoms with Crippen molar-refractivity contribution in [1.82, 2.24) is 5.32 Å². The minimum absolute atomic E-state index is 0.251. The molecule has 2 rings (SSSR count). The second kappa shape index (κ2) is 57.5. The van der Waals surface area contributed by atoms with Gasteiger partial charge in [-0.3, -0.25) is 4.79 Å². The van der Waals surface area contributed by atoms with E-state index in [4.69, 9.17) is 18.9 Å². The summed E-state index contributed by atoms with van der Waals surface area (Å²) in [5.41, 5.74) is 0. The van der Waals surface area contributed by atoms with Crippen molar-refractivity contribution in [1.29, 1.82) is 0 Å². The molecule has 12 atom stereocenters. The number of nitrogens with one attached hydrogen (secondary N) is 1. The lowest BCUT2D eigenvalue weighted by Gasteiger charge is -2.46. The third kappa shape index (κ3) is 41.2. The molecule has 9 N–H and O–H groups in total. The largest absolute Gasteiger partial charge is 0.394 e. The predicted molar refractivity (Wildman–Crippen MR) is 359 cm³/mol. The maximum atomic E-state index is 13.3. The molecule has 2 heterocycles. The van der Waals surface area contributed by atoms with E-state index in [-0.39, 0.29) is 18.9 Å². The molecule has 2 aliphatic heterocycles. The quantitative estimate of drug-likeness (QED) is 0.0204. The van der Waals surface area contributed by atoms with Gasteiger partial charge >= 0.3 is 0 Å². The Balaban J connectivity index is 1.60. The second-order valence-electron chi connectivity index (χ2n) is 24.3. The molecule has 2 saturated heterocycles. The molecule has 506 valence electrons. The first-order valence-corrected chi connectivity index (χ1v) is 35.1. The Morgan fingerprint density at radius 3 is 1.25 bits per heavy atom. The van der Waals surface area contributed by atoms with E-state index in [1.165, 1.54) is 148 Å². The van der Waals surface area contributed by atoms with E-state index in [9.17, 15) is 45.6 Å². The molecule has 14 heteroatoms. The molecule has 0 aliphatic carbocycles. The van der Waals surface area contributed by atoms with Crippen LogP contribution in [-0.2, 0) is 23.7 Å². The van der Waals surface area contributed by atoms with Crippen molar-refractivity contribution in [2.24, 2.45) is 0 Å². The van der Waals surface area contributed by atoms with E-state index in [1.54, 1.807) is 6.08 Å². The van der Waals surface area contributed by atoms with Gasteiger partial charge in [0.25, 0.3) is 0 Å². The van der Waals surface area contributed by atoms with Gasteiger partial charge in [-0.05, 0) is 89.9 Å². The summed E-state index contributed by atoms with van der Waals surface area (Å²) >= 11 is 0. The molecule has 0 aromatic carbocycles. The van der Waals surface area contributed by atoms with Crippen molar-refractivity contribution in [3.05, 3.63) is 109 Å². The number of aliphatic hydroxyl groups is 8. The maximum absolute atomic E-state index is 13.3. The van der Waals surface area contributed by atoms with Crippen molar-refractivity contribution < 1.29 is 64.6 Å². The first-order valence-electron chi connectivity index (χ1n) is 35.1. The first-order chi connectivity index (χ1) is 43.1. The summed E-state index contributed by atoms with van der Waals surface area (Å²) in [7, 11) is 0. The van der Waals surface area contributed by atoms with Crippen LogP contribution in [0.2, 0.25) is 0 Å². The van der Waals surface area contributed by atoms with E-state index in [0.29, 0.717) is 12.8 Å². The molecule has 1 amide bonds. The lowest BCUT2D eigenvalue weighted by atomic mass is 9.97. The summed E-state index contributed by atoms with van der Waals surface area (Å²) in [5, 5.41) is 87.2. The smallest absolute Gasteiger partial charge is 0.220 e. The molecule has 0 aromatic rings. The lowest BCUT2D eigenvalue weighted by Crippen LogP contribution is -2.65. The normalized spacial score (nSPS) is 23.8. The molecule has 12 unspecified atom stereocenters. The monoisotopic (exact) mass is 1240 g/mol. The van der Waals surface area contributed by atoms with Gasteiger partial charge in [-0.15, -0.1) is 0 Å². The Hall–Kier alpha value is -3.35. The molecule has 0 spiro atoms. The van der Waals surface area contributed by atoms with Crippen molar-refractivity contribution >= 4 is 5.91 Å². The van der Waals surface area contributed by atoms with Crippen LogP contribution in [0.3, 0.4) is 0 Å². The van der Waals surface area contributed by atoms with Gasteiger partial charge in [0.2, 0.25) is 5.91 Å². The van der Waals surface area contributed by atoms with E-state index in [1.807, 2.05) is 6.08 Å². The summed E-state index contributed by atoms with van der Waals surface area (Å²) in [5.74, 6) is -0.251. The van der Waals surface area contributed by atoms with Crippen LogP contribution < -0.4 is 5.32 Å². The maximum Gasteiger partial charge on any atom is 0.220 e. The van der Waals surface area contributed by atoms with Crippen LogP contribution in [-0.4, -0.2) is 140 Å². The molecule has 14 nitrogen and oxygen atoms in total. The molecule has 2 fully saturated rings. The average Bonchev–Trinajstić information content (AvgIpc) is 2.99. The third-order valence-corrected chi connectivity index (χ3v) is 16.4. The van der Waals surface area contributed by atoms with Crippen molar-refractivity contribution in [3.63, 3.8) is 0 Å². The molecule has 0 saturated carbocycles. The van der Waals surface area contributed by atoms with Crippen LogP contribution in [0.1, 0.15) is 258 Å². The Morgan fingerprint density at radius 1 is 0.420 bits per heavy atom. The standard InChI is InChI=1S/C74H127NO13/c1-3-5-7-9-11-13-15-17-19-20-21-22-23-24-25-26-27-28-29-30-31-32-33-34-35-36-37-38-39-40-41-42-44-46-48-50-52-54-56-58-66(79)75-62(63(78)57-55-53-51-49-47-45-43-18-16-14-12-10-8-6-4-2)61-85-73-71(84)69(82)72(65(60-77)87-73)88-74-70(83)68(81)67(80)64(59-76)86-74/h5,7,11,13,17,19,21-22,24-25,27-28,30-31,47,49,55,57,62-65,67-74,76-78,80-84H,3-4,6,8-10,12,14-16,18,20,23,26,29,32-46,48,50-54,56,58-61H2,1-2H3,(H,75,79)/b7-5-,13-11-,19-17-,22-21-,25-24-,28-27-,31-30-,49-47+,57-55+. The lowest BCUT2D eigenvalue weighted by molar-refractivity contribution is -0.359. The highest BCUT2D eigenvalue weighted by Crippen LogP contribution is 2.30. The van der Waals surface area contributed by atoms with Gasteiger partial charge in [0.1, 0.15) is 48.8 Å². The average molecular weight is 1240 g/mol. The van der Waals surface area contributed by atoms with Gasteiger partial charge in [0, 0.05) is 6.42 Å². The van der Waals surface area contributed by atoms with Crippen molar-refractivity contribution in [2.75, 3.05) is 19.8 Å². The zero-order chi connectivity index (χ0) is 63.8. The van der Waals surface area contributed by atoms with Gasteiger partial charge in [0.05, 0.1) is 32.0 Å². The van der Waals surface area contributed by atoms with E-state index >= 15 is 0 Å². The number of carbonyl (C=O) groups excluding carboxylic acids is 1. The third-order valence-electron chi connectivity index (χ3n) is 16.4. The zero-order valence-corrected chi connectivity index (χ0v) is 54.9. The highest BCUT2D eigenvalue weighted by Gasteiger charge is 2.51. The summed E-state index contributed by atoms with van der Waals surface area (Å²) < 4.78 is 22.8. The number of hydrogen-bond donors (Lipinski definition) is 9. The topological polar surface area (TPSA) is 228 Å². The SMILES string of the molecule is CC/C=C\C/C=C\C/C=C\C/C=C\C/C=C\C/C=C\C/C=C\CCCCCCCCCCCCCCCCCCCC(=O)NC(COC1OC(CO)C(OC2OC(CO)C(O)C(O)C2O)C(O)C1O)C(O)/C=C/CC/C=C/CCCCCCCCCCC. The van der Waals surface area contributed by atoms with Crippen molar-refractivity contribution in [2.45, 2.75) is 331 Å². The Bertz CT molecular complexity index is 1890. The predicted octanol–water partition coefficient (Wildman–Crippen LogP) is 14.3. The molecule has 2 aliphatic rings. The van der Waals surface area contributed by atoms with Crippen LogP contribution >= 0.6 is 0 Å². The highest BCUT2D eigenvalue weighted by molar-refractivity contribution is 5.76. The molecule has 0 radical (unpaired) electrons. The van der Waals surface area contributed by atoms with Crippen LogP contribution in [0.25, 0.3) is 0 Å². The van der Waals surface area contributed by atoms with Gasteiger partial charge in [0.15, 0.2) is 12.6 Å². The van der Waals surface area contributed by atoms with Gasteiger partial charge < -0.3 is 65.1 Å².